The Balaban J connectivity index is 1.90. The molecule has 104 valence electrons. The number of ether oxygens (including phenoxy) is 1. The largest absolute Gasteiger partial charge is 0.478 e. The fourth-order valence-electron chi connectivity index (χ4n) is 2.22. The lowest BCUT2D eigenvalue weighted by molar-refractivity contribution is -0.130. The molecule has 1 aromatic rings. The van der Waals surface area contributed by atoms with Crippen LogP contribution in [-0.4, -0.2) is 41.5 Å². The van der Waals surface area contributed by atoms with Gasteiger partial charge in [-0.05, 0) is 32.8 Å². The molecule has 1 fully saturated rings. The van der Waals surface area contributed by atoms with Gasteiger partial charge in [-0.1, -0.05) is 0 Å². The molecule has 1 saturated heterocycles. The highest BCUT2D eigenvalue weighted by Gasteiger charge is 2.22. The summed E-state index contributed by atoms with van der Waals surface area (Å²) in [7, 11) is 0. The van der Waals surface area contributed by atoms with E-state index in [1.54, 1.807) is 12.3 Å². The molecule has 0 aliphatic carbocycles. The molecule has 5 heteroatoms. The molecule has 1 atom stereocenters. The molecule has 1 N–H and O–H groups in total. The highest BCUT2D eigenvalue weighted by molar-refractivity contribution is 5.84. The van der Waals surface area contributed by atoms with Gasteiger partial charge in [0.25, 0.3) is 0 Å². The molecule has 0 bridgehead atoms. The number of anilines is 1. The normalized spacial score (nSPS) is 16.2. The monoisotopic (exact) mass is 263 g/mol. The molecule has 0 radical (unpaired) electrons. The summed E-state index contributed by atoms with van der Waals surface area (Å²) in [5.41, 5.74) is 0.837. The number of nitrogens with zero attached hydrogens (tertiary/aromatic N) is 2. The van der Waals surface area contributed by atoms with Gasteiger partial charge < -0.3 is 15.0 Å². The third kappa shape index (κ3) is 3.59. The van der Waals surface area contributed by atoms with Crippen molar-refractivity contribution >= 4 is 11.6 Å². The van der Waals surface area contributed by atoms with Gasteiger partial charge in [0, 0.05) is 19.2 Å². The summed E-state index contributed by atoms with van der Waals surface area (Å²) >= 11 is 0. The first-order valence-electron chi connectivity index (χ1n) is 6.85. The van der Waals surface area contributed by atoms with Crippen molar-refractivity contribution < 1.29 is 9.53 Å². The molecule has 0 aromatic carbocycles. The van der Waals surface area contributed by atoms with Gasteiger partial charge in [-0.2, -0.15) is 0 Å². The van der Waals surface area contributed by atoms with Crippen molar-refractivity contribution in [1.29, 1.82) is 0 Å². The van der Waals surface area contributed by atoms with Crippen molar-refractivity contribution in [2.75, 3.05) is 25.0 Å². The molecule has 1 amide bonds. The van der Waals surface area contributed by atoms with Crippen LogP contribution in [0.1, 0.15) is 26.7 Å². The third-order valence-corrected chi connectivity index (χ3v) is 3.20. The van der Waals surface area contributed by atoms with Gasteiger partial charge in [0.15, 0.2) is 0 Å². The molecule has 2 heterocycles. The average Bonchev–Trinajstić information content (AvgIpc) is 2.94. The lowest BCUT2D eigenvalue weighted by atomic mass is 10.2. The molecule has 0 spiro atoms. The molecular formula is C14H21N3O2. The van der Waals surface area contributed by atoms with Gasteiger partial charge >= 0.3 is 0 Å². The Kier molecular flexibility index (Phi) is 4.60. The summed E-state index contributed by atoms with van der Waals surface area (Å²) in [6.07, 6.45) is 3.92. The van der Waals surface area contributed by atoms with Gasteiger partial charge in [0.05, 0.1) is 18.5 Å². The van der Waals surface area contributed by atoms with Crippen LogP contribution in [0.5, 0.6) is 5.88 Å². The highest BCUT2D eigenvalue weighted by atomic mass is 16.5. The van der Waals surface area contributed by atoms with Crippen molar-refractivity contribution in [1.82, 2.24) is 9.88 Å². The molecule has 1 aromatic heterocycles. The van der Waals surface area contributed by atoms with Crippen molar-refractivity contribution in [3.63, 3.8) is 0 Å². The number of rotatable bonds is 5. The van der Waals surface area contributed by atoms with Crippen LogP contribution < -0.4 is 10.1 Å². The summed E-state index contributed by atoms with van der Waals surface area (Å²) in [6.45, 7) is 6.17. The summed E-state index contributed by atoms with van der Waals surface area (Å²) in [5, 5.41) is 3.18. The van der Waals surface area contributed by atoms with Crippen LogP contribution in [0.4, 0.5) is 5.69 Å². The van der Waals surface area contributed by atoms with Crippen LogP contribution in [0.2, 0.25) is 0 Å². The molecule has 2 rings (SSSR count). The molecular weight excluding hydrogens is 242 g/mol. The number of pyridine rings is 1. The predicted molar refractivity (Wildman–Crippen MR) is 74.3 cm³/mol. The van der Waals surface area contributed by atoms with Crippen molar-refractivity contribution in [3.05, 3.63) is 18.3 Å². The molecule has 1 aliphatic heterocycles. The van der Waals surface area contributed by atoms with Gasteiger partial charge in [0.2, 0.25) is 11.8 Å². The van der Waals surface area contributed by atoms with E-state index in [-0.39, 0.29) is 11.9 Å². The first kappa shape index (κ1) is 13.6. The number of hydrogen-bond donors (Lipinski definition) is 1. The number of likely N-dealkylation sites (tertiary alicyclic amines) is 1. The molecule has 5 nitrogen and oxygen atoms in total. The number of hydrogen-bond acceptors (Lipinski definition) is 4. The minimum absolute atomic E-state index is 0.159. The van der Waals surface area contributed by atoms with E-state index in [0.717, 1.165) is 31.6 Å². The minimum Gasteiger partial charge on any atom is -0.478 e. The number of carbonyl (C=O) groups is 1. The number of nitrogens with one attached hydrogen (secondary N) is 1. The second kappa shape index (κ2) is 6.41. The van der Waals surface area contributed by atoms with E-state index in [1.807, 2.05) is 24.8 Å². The summed E-state index contributed by atoms with van der Waals surface area (Å²) in [6, 6.07) is 3.46. The van der Waals surface area contributed by atoms with Crippen molar-refractivity contribution in [2.45, 2.75) is 32.7 Å². The van der Waals surface area contributed by atoms with Crippen molar-refractivity contribution in [3.8, 4) is 5.88 Å². The molecule has 0 saturated carbocycles. The topological polar surface area (TPSA) is 54.5 Å². The number of aromatic nitrogens is 1. The molecule has 19 heavy (non-hydrogen) atoms. The maximum atomic E-state index is 12.1. The first-order chi connectivity index (χ1) is 9.20. The Morgan fingerprint density at radius 2 is 2.21 bits per heavy atom. The third-order valence-electron chi connectivity index (χ3n) is 3.20. The second-order valence-electron chi connectivity index (χ2n) is 4.72. The summed E-state index contributed by atoms with van der Waals surface area (Å²) in [5.74, 6) is 0.762. The SMILES string of the molecule is CCOc1ccc(NC(C)C(=O)N2CCCC2)cn1. The van der Waals surface area contributed by atoms with E-state index in [0.29, 0.717) is 12.5 Å². The Bertz CT molecular complexity index is 413. The van der Waals surface area contributed by atoms with Crippen LogP contribution >= 0.6 is 0 Å². The van der Waals surface area contributed by atoms with E-state index in [1.165, 1.54) is 0 Å². The molecule has 1 unspecified atom stereocenters. The van der Waals surface area contributed by atoms with E-state index in [9.17, 15) is 4.79 Å². The van der Waals surface area contributed by atoms with Crippen LogP contribution in [0.3, 0.4) is 0 Å². The minimum atomic E-state index is -0.224. The van der Waals surface area contributed by atoms with Gasteiger partial charge in [-0.15, -0.1) is 0 Å². The van der Waals surface area contributed by atoms with Gasteiger partial charge in [-0.25, -0.2) is 4.98 Å². The smallest absolute Gasteiger partial charge is 0.244 e. The average molecular weight is 263 g/mol. The summed E-state index contributed by atoms with van der Waals surface area (Å²) < 4.78 is 5.28. The Labute approximate surface area is 114 Å². The zero-order chi connectivity index (χ0) is 13.7. The zero-order valence-corrected chi connectivity index (χ0v) is 11.6. The Hall–Kier alpha value is -1.78. The van der Waals surface area contributed by atoms with E-state index in [2.05, 4.69) is 10.3 Å². The second-order valence-corrected chi connectivity index (χ2v) is 4.72. The lowest BCUT2D eigenvalue weighted by Crippen LogP contribution is -2.39. The van der Waals surface area contributed by atoms with Gasteiger partial charge in [0.1, 0.15) is 6.04 Å². The van der Waals surface area contributed by atoms with Crippen molar-refractivity contribution in [2.24, 2.45) is 0 Å². The fraction of sp³-hybridized carbons (Fsp3) is 0.571. The standard InChI is InChI=1S/C14H21N3O2/c1-3-19-13-7-6-12(10-15-13)16-11(2)14(18)17-8-4-5-9-17/h6-7,10-11,16H,3-5,8-9H2,1-2H3. The van der Waals surface area contributed by atoms with Crippen LogP contribution in [0.25, 0.3) is 0 Å². The predicted octanol–water partition coefficient (Wildman–Crippen LogP) is 1.90. The van der Waals surface area contributed by atoms with E-state index >= 15 is 0 Å². The summed E-state index contributed by atoms with van der Waals surface area (Å²) in [4.78, 5) is 18.2. The van der Waals surface area contributed by atoms with Crippen LogP contribution in [-0.2, 0) is 4.79 Å². The highest BCUT2D eigenvalue weighted by Crippen LogP contribution is 2.14. The Morgan fingerprint density at radius 1 is 1.47 bits per heavy atom. The number of carbonyl (C=O) groups excluding carboxylic acids is 1. The van der Waals surface area contributed by atoms with E-state index < -0.39 is 0 Å². The van der Waals surface area contributed by atoms with Crippen LogP contribution in [0.15, 0.2) is 18.3 Å². The zero-order valence-electron chi connectivity index (χ0n) is 11.6. The number of amides is 1. The maximum Gasteiger partial charge on any atom is 0.244 e. The maximum absolute atomic E-state index is 12.1. The van der Waals surface area contributed by atoms with E-state index in [4.69, 9.17) is 4.74 Å². The lowest BCUT2D eigenvalue weighted by Gasteiger charge is -2.21. The van der Waals surface area contributed by atoms with Gasteiger partial charge in [-0.3, -0.25) is 4.79 Å². The first-order valence-corrected chi connectivity index (χ1v) is 6.85. The quantitative estimate of drug-likeness (QED) is 0.881. The van der Waals surface area contributed by atoms with Crippen LogP contribution in [0, 0.1) is 0 Å². The Morgan fingerprint density at radius 3 is 2.79 bits per heavy atom. The molecule has 1 aliphatic rings. The fourth-order valence-corrected chi connectivity index (χ4v) is 2.22.